The van der Waals surface area contributed by atoms with Crippen LogP contribution in [-0.2, 0) is 11.2 Å². The van der Waals surface area contributed by atoms with E-state index in [4.69, 9.17) is 4.74 Å². The van der Waals surface area contributed by atoms with Crippen LogP contribution >= 0.6 is 11.3 Å². The minimum atomic E-state index is 0.0231. The van der Waals surface area contributed by atoms with Crippen molar-refractivity contribution in [1.82, 2.24) is 14.9 Å². The van der Waals surface area contributed by atoms with E-state index in [1.54, 1.807) is 11.3 Å². The van der Waals surface area contributed by atoms with E-state index in [1.807, 2.05) is 48.4 Å². The van der Waals surface area contributed by atoms with E-state index >= 15 is 0 Å². The largest absolute Gasteiger partial charge is 0.484 e. The first-order valence-corrected chi connectivity index (χ1v) is 11.1. The molecular formula is C23H26N4O2S. The number of nitrogens with zero attached hydrogens (tertiary/aromatic N) is 4. The zero-order chi connectivity index (χ0) is 20.9. The fraction of sp³-hybridized carbons (Fsp3) is 0.348. The van der Waals surface area contributed by atoms with Crippen LogP contribution in [0.25, 0.3) is 10.6 Å². The SMILES string of the molecule is CCc1csc(-c2ccc(N3CCN(C(=O)COc4cccc(C)c4)CC3)nc2)n1. The second-order valence-corrected chi connectivity index (χ2v) is 8.23. The molecule has 0 radical (unpaired) electrons. The van der Waals surface area contributed by atoms with Crippen LogP contribution in [-0.4, -0.2) is 53.6 Å². The summed E-state index contributed by atoms with van der Waals surface area (Å²) in [7, 11) is 0. The summed E-state index contributed by atoms with van der Waals surface area (Å²) in [6.07, 6.45) is 2.84. The number of aromatic nitrogens is 2. The second-order valence-electron chi connectivity index (χ2n) is 7.38. The molecule has 0 bridgehead atoms. The van der Waals surface area contributed by atoms with Crippen molar-refractivity contribution < 1.29 is 9.53 Å². The van der Waals surface area contributed by atoms with Crippen LogP contribution in [0.5, 0.6) is 5.75 Å². The van der Waals surface area contributed by atoms with Gasteiger partial charge in [-0.05, 0) is 43.2 Å². The normalized spacial score (nSPS) is 14.1. The quantitative estimate of drug-likeness (QED) is 0.605. The summed E-state index contributed by atoms with van der Waals surface area (Å²) in [4.78, 5) is 25.8. The third-order valence-corrected chi connectivity index (χ3v) is 6.16. The Kier molecular flexibility index (Phi) is 6.28. The first kappa shape index (κ1) is 20.3. The predicted octanol–water partition coefficient (Wildman–Crippen LogP) is 3.80. The number of rotatable bonds is 6. The molecule has 0 unspecified atom stereocenters. The molecule has 1 aliphatic rings. The van der Waals surface area contributed by atoms with Gasteiger partial charge in [-0.25, -0.2) is 9.97 Å². The maximum absolute atomic E-state index is 12.5. The molecule has 0 spiro atoms. The Morgan fingerprint density at radius 2 is 2.00 bits per heavy atom. The van der Waals surface area contributed by atoms with Gasteiger partial charge < -0.3 is 14.5 Å². The summed E-state index contributed by atoms with van der Waals surface area (Å²) in [5.41, 5.74) is 3.28. The van der Waals surface area contributed by atoms with Crippen molar-refractivity contribution in [3.63, 3.8) is 0 Å². The van der Waals surface area contributed by atoms with Gasteiger partial charge in [-0.15, -0.1) is 11.3 Å². The van der Waals surface area contributed by atoms with E-state index in [2.05, 4.69) is 33.2 Å². The van der Waals surface area contributed by atoms with Crippen molar-refractivity contribution >= 4 is 23.1 Å². The Morgan fingerprint density at radius 1 is 1.17 bits per heavy atom. The van der Waals surface area contributed by atoms with Crippen molar-refractivity contribution in [3.05, 3.63) is 59.2 Å². The van der Waals surface area contributed by atoms with Crippen LogP contribution < -0.4 is 9.64 Å². The van der Waals surface area contributed by atoms with E-state index < -0.39 is 0 Å². The molecule has 3 heterocycles. The molecule has 156 valence electrons. The highest BCUT2D eigenvalue weighted by atomic mass is 32.1. The standard InChI is InChI=1S/C23H26N4O2S/c1-3-19-16-30-23(25-19)18-7-8-21(24-14-18)26-9-11-27(12-10-26)22(28)15-29-20-6-4-5-17(2)13-20/h4-8,13-14,16H,3,9-12,15H2,1-2H3. The number of carbonyl (C=O) groups is 1. The number of hydrogen-bond donors (Lipinski definition) is 0. The maximum Gasteiger partial charge on any atom is 0.260 e. The summed E-state index contributed by atoms with van der Waals surface area (Å²) < 4.78 is 5.66. The van der Waals surface area contributed by atoms with Crippen molar-refractivity contribution in [2.24, 2.45) is 0 Å². The Labute approximate surface area is 181 Å². The summed E-state index contributed by atoms with van der Waals surface area (Å²) in [6.45, 7) is 7.06. The number of amides is 1. The second kappa shape index (κ2) is 9.26. The molecule has 1 aliphatic heterocycles. The molecule has 1 saturated heterocycles. The van der Waals surface area contributed by atoms with Crippen molar-refractivity contribution in [2.75, 3.05) is 37.7 Å². The topological polar surface area (TPSA) is 58.6 Å². The van der Waals surface area contributed by atoms with Gasteiger partial charge in [-0.3, -0.25) is 4.79 Å². The fourth-order valence-corrected chi connectivity index (χ4v) is 4.32. The molecule has 1 fully saturated rings. The molecule has 3 aromatic rings. The average molecular weight is 423 g/mol. The van der Waals surface area contributed by atoms with Crippen LogP contribution in [0.2, 0.25) is 0 Å². The summed E-state index contributed by atoms with van der Waals surface area (Å²) in [5.74, 6) is 1.70. The first-order valence-electron chi connectivity index (χ1n) is 10.3. The van der Waals surface area contributed by atoms with Gasteiger partial charge in [0.2, 0.25) is 0 Å². The number of pyridine rings is 1. The van der Waals surface area contributed by atoms with Crippen LogP contribution in [0.1, 0.15) is 18.2 Å². The molecule has 0 atom stereocenters. The average Bonchev–Trinajstić information content (AvgIpc) is 3.27. The monoisotopic (exact) mass is 422 g/mol. The third-order valence-electron chi connectivity index (χ3n) is 5.22. The molecule has 0 saturated carbocycles. The van der Waals surface area contributed by atoms with Gasteiger partial charge >= 0.3 is 0 Å². The van der Waals surface area contributed by atoms with Crippen LogP contribution in [0, 0.1) is 6.92 Å². The minimum Gasteiger partial charge on any atom is -0.484 e. The van der Waals surface area contributed by atoms with Crippen molar-refractivity contribution in [2.45, 2.75) is 20.3 Å². The van der Waals surface area contributed by atoms with E-state index in [9.17, 15) is 4.79 Å². The van der Waals surface area contributed by atoms with Gasteiger partial charge in [0.05, 0.1) is 5.69 Å². The number of piperazine rings is 1. The number of carbonyl (C=O) groups excluding carboxylic acids is 1. The van der Waals surface area contributed by atoms with Crippen LogP contribution in [0.4, 0.5) is 5.82 Å². The van der Waals surface area contributed by atoms with Gasteiger partial charge in [0.15, 0.2) is 6.61 Å². The highest BCUT2D eigenvalue weighted by Gasteiger charge is 2.22. The van der Waals surface area contributed by atoms with Gasteiger partial charge in [-0.2, -0.15) is 0 Å². The Balaban J connectivity index is 1.29. The van der Waals surface area contributed by atoms with Gasteiger partial charge in [0.25, 0.3) is 5.91 Å². The van der Waals surface area contributed by atoms with Crippen LogP contribution in [0.3, 0.4) is 0 Å². The van der Waals surface area contributed by atoms with Crippen molar-refractivity contribution in [1.29, 1.82) is 0 Å². The first-order chi connectivity index (χ1) is 14.6. The van der Waals surface area contributed by atoms with Crippen LogP contribution in [0.15, 0.2) is 48.0 Å². The van der Waals surface area contributed by atoms with E-state index in [1.165, 1.54) is 0 Å². The minimum absolute atomic E-state index is 0.0231. The molecular weight excluding hydrogens is 396 g/mol. The molecule has 0 aliphatic carbocycles. The lowest BCUT2D eigenvalue weighted by Gasteiger charge is -2.35. The zero-order valence-corrected chi connectivity index (χ0v) is 18.2. The van der Waals surface area contributed by atoms with E-state index in [0.717, 1.165) is 52.9 Å². The number of ether oxygens (including phenoxy) is 1. The number of hydrogen-bond acceptors (Lipinski definition) is 6. The Hall–Kier alpha value is -2.93. The third kappa shape index (κ3) is 4.79. The molecule has 1 amide bonds. The number of aryl methyl sites for hydroxylation is 2. The fourth-order valence-electron chi connectivity index (χ4n) is 3.43. The highest BCUT2D eigenvalue weighted by molar-refractivity contribution is 7.13. The van der Waals surface area contributed by atoms with Gasteiger partial charge in [-0.1, -0.05) is 19.1 Å². The van der Waals surface area contributed by atoms with Gasteiger partial charge in [0.1, 0.15) is 16.6 Å². The summed E-state index contributed by atoms with van der Waals surface area (Å²) in [6, 6.07) is 11.9. The summed E-state index contributed by atoms with van der Waals surface area (Å²) in [5, 5.41) is 3.11. The zero-order valence-electron chi connectivity index (χ0n) is 17.4. The number of thiazole rings is 1. The molecule has 2 aromatic heterocycles. The lowest BCUT2D eigenvalue weighted by atomic mass is 10.2. The predicted molar refractivity (Wildman–Crippen MR) is 120 cm³/mol. The lowest BCUT2D eigenvalue weighted by molar-refractivity contribution is -0.133. The highest BCUT2D eigenvalue weighted by Crippen LogP contribution is 2.25. The number of anilines is 1. The Morgan fingerprint density at radius 3 is 2.67 bits per heavy atom. The smallest absolute Gasteiger partial charge is 0.260 e. The molecule has 4 rings (SSSR count). The van der Waals surface area contributed by atoms with E-state index in [0.29, 0.717) is 13.1 Å². The Bertz CT molecular complexity index is 994. The van der Waals surface area contributed by atoms with Crippen molar-refractivity contribution in [3.8, 4) is 16.3 Å². The molecule has 6 nitrogen and oxygen atoms in total. The maximum atomic E-state index is 12.5. The lowest BCUT2D eigenvalue weighted by Crippen LogP contribution is -2.50. The van der Waals surface area contributed by atoms with E-state index in [-0.39, 0.29) is 12.5 Å². The molecule has 1 aromatic carbocycles. The summed E-state index contributed by atoms with van der Waals surface area (Å²) >= 11 is 1.66. The molecule has 30 heavy (non-hydrogen) atoms. The molecule has 0 N–H and O–H groups in total. The number of benzene rings is 1. The molecule has 7 heteroatoms. The van der Waals surface area contributed by atoms with Gasteiger partial charge in [0, 0.05) is 43.3 Å².